The van der Waals surface area contributed by atoms with E-state index < -0.39 is 35.9 Å². The van der Waals surface area contributed by atoms with Gasteiger partial charge in [0, 0.05) is 23.1 Å². The van der Waals surface area contributed by atoms with Crippen molar-refractivity contribution in [3.05, 3.63) is 70.1 Å². The number of aromatic nitrogens is 2. The zero-order valence-electron chi connectivity index (χ0n) is 18.7. The normalized spacial score (nSPS) is 11.6. The van der Waals surface area contributed by atoms with E-state index in [1.165, 1.54) is 31.2 Å². The Kier molecular flexibility index (Phi) is 7.52. The first-order valence-electron chi connectivity index (χ1n) is 10.6. The molecule has 3 rings (SSSR count). The number of anilines is 1. The van der Waals surface area contributed by atoms with Gasteiger partial charge in [-0.3, -0.25) is 24.0 Å². The zero-order valence-corrected chi connectivity index (χ0v) is 18.7. The van der Waals surface area contributed by atoms with Crippen molar-refractivity contribution in [2.75, 3.05) is 5.32 Å². The molecule has 1 unspecified atom stereocenters. The van der Waals surface area contributed by atoms with Crippen LogP contribution in [0.5, 0.6) is 0 Å². The number of hydrogen-bond donors (Lipinski definition) is 2. The second-order valence-corrected chi connectivity index (χ2v) is 7.59. The lowest BCUT2D eigenvalue weighted by Crippen LogP contribution is -2.33. The molecule has 2 aromatic carbocycles. The fraction of sp³-hybridized carbons (Fsp3) is 0.250. The van der Waals surface area contributed by atoms with E-state index in [9.17, 15) is 24.0 Å². The van der Waals surface area contributed by atoms with Crippen LogP contribution in [0.4, 0.5) is 5.69 Å². The minimum atomic E-state index is -1.14. The number of carbonyl (C=O) groups excluding carboxylic acids is 4. The molecule has 1 heterocycles. The standard InChI is InChI=1S/C24H24N4O6/c1-3-6-19(29)26-16-11-9-15(10-12-16)22(31)14(2)34-20(30)13-28-24(33)18-8-5-4-7-17(18)21(27-28)23(25)32/h4-5,7-12,14H,3,6,13H2,1-2H3,(H2,25,32)(H,26,29). The van der Waals surface area contributed by atoms with Crippen molar-refractivity contribution in [2.24, 2.45) is 5.73 Å². The van der Waals surface area contributed by atoms with Crippen molar-refractivity contribution in [3.8, 4) is 0 Å². The minimum absolute atomic E-state index is 0.124. The molecule has 0 bridgehead atoms. The van der Waals surface area contributed by atoms with Gasteiger partial charge in [-0.05, 0) is 43.7 Å². The molecule has 0 fully saturated rings. The minimum Gasteiger partial charge on any atom is -0.453 e. The number of amides is 2. The number of carbonyl (C=O) groups is 4. The molecule has 1 atom stereocenters. The molecule has 1 aromatic heterocycles. The average molecular weight is 464 g/mol. The van der Waals surface area contributed by atoms with E-state index in [2.05, 4.69) is 10.4 Å². The molecule has 10 nitrogen and oxygen atoms in total. The SMILES string of the molecule is CCCC(=O)Nc1ccc(C(=O)C(C)OC(=O)Cn2nc(C(N)=O)c3ccccc3c2=O)cc1. The van der Waals surface area contributed by atoms with Gasteiger partial charge in [-0.2, -0.15) is 5.10 Å². The summed E-state index contributed by atoms with van der Waals surface area (Å²) in [5.74, 6) is -2.32. The maximum absolute atomic E-state index is 12.7. The quantitative estimate of drug-likeness (QED) is 0.363. The Labute approximate surface area is 194 Å². The maximum atomic E-state index is 12.7. The van der Waals surface area contributed by atoms with E-state index in [1.807, 2.05) is 6.92 Å². The third kappa shape index (κ3) is 5.52. The van der Waals surface area contributed by atoms with E-state index in [0.29, 0.717) is 12.1 Å². The summed E-state index contributed by atoms with van der Waals surface area (Å²) in [7, 11) is 0. The summed E-state index contributed by atoms with van der Waals surface area (Å²) in [4.78, 5) is 61.2. The van der Waals surface area contributed by atoms with Crippen LogP contribution in [-0.2, 0) is 20.9 Å². The third-order valence-electron chi connectivity index (χ3n) is 4.99. The number of primary amides is 1. The van der Waals surface area contributed by atoms with Gasteiger partial charge in [0.15, 0.2) is 11.8 Å². The maximum Gasteiger partial charge on any atom is 0.328 e. The van der Waals surface area contributed by atoms with Crippen LogP contribution in [0.25, 0.3) is 10.8 Å². The van der Waals surface area contributed by atoms with Crippen LogP contribution in [0.1, 0.15) is 47.5 Å². The molecule has 0 saturated carbocycles. The molecule has 0 radical (unpaired) electrons. The monoisotopic (exact) mass is 464 g/mol. The molecule has 176 valence electrons. The number of nitrogens with two attached hydrogens (primary N) is 1. The van der Waals surface area contributed by atoms with Crippen molar-refractivity contribution in [1.29, 1.82) is 0 Å². The average Bonchev–Trinajstić information content (AvgIpc) is 2.80. The molecular formula is C24H24N4O6. The van der Waals surface area contributed by atoms with E-state index in [0.717, 1.165) is 11.1 Å². The van der Waals surface area contributed by atoms with Gasteiger partial charge < -0.3 is 15.8 Å². The van der Waals surface area contributed by atoms with Crippen LogP contribution in [0.3, 0.4) is 0 Å². The largest absolute Gasteiger partial charge is 0.453 e. The van der Waals surface area contributed by atoms with Gasteiger partial charge in [-0.25, -0.2) is 4.68 Å². The van der Waals surface area contributed by atoms with E-state index in [-0.39, 0.29) is 27.9 Å². The lowest BCUT2D eigenvalue weighted by atomic mass is 10.1. The van der Waals surface area contributed by atoms with Crippen LogP contribution in [0.2, 0.25) is 0 Å². The number of Topliss-reactive ketones (excluding diaryl/α,β-unsaturated/α-hetero) is 1. The van der Waals surface area contributed by atoms with Crippen LogP contribution >= 0.6 is 0 Å². The first kappa shape index (κ1) is 24.3. The third-order valence-corrected chi connectivity index (χ3v) is 4.99. The predicted molar refractivity (Wildman–Crippen MR) is 124 cm³/mol. The number of nitrogens with one attached hydrogen (secondary N) is 1. The van der Waals surface area contributed by atoms with Crippen molar-refractivity contribution in [3.63, 3.8) is 0 Å². The lowest BCUT2D eigenvalue weighted by Gasteiger charge is -2.14. The number of esters is 1. The smallest absolute Gasteiger partial charge is 0.328 e. The van der Waals surface area contributed by atoms with E-state index >= 15 is 0 Å². The molecule has 34 heavy (non-hydrogen) atoms. The Morgan fingerprint density at radius 2 is 1.71 bits per heavy atom. The van der Waals surface area contributed by atoms with Crippen LogP contribution < -0.4 is 16.6 Å². The number of ketones is 1. The van der Waals surface area contributed by atoms with Gasteiger partial charge >= 0.3 is 5.97 Å². The topological polar surface area (TPSA) is 150 Å². The second-order valence-electron chi connectivity index (χ2n) is 7.59. The molecule has 0 aliphatic heterocycles. The molecule has 0 aliphatic rings. The Hall–Kier alpha value is -4.34. The summed E-state index contributed by atoms with van der Waals surface area (Å²) in [6.07, 6.45) is -0.0282. The molecule has 3 aromatic rings. The summed E-state index contributed by atoms with van der Waals surface area (Å²) in [6.45, 7) is 2.69. The van der Waals surface area contributed by atoms with Gasteiger partial charge in [-0.1, -0.05) is 25.1 Å². The fourth-order valence-electron chi connectivity index (χ4n) is 3.34. The predicted octanol–water partition coefficient (Wildman–Crippen LogP) is 2.05. The fourth-order valence-corrected chi connectivity index (χ4v) is 3.34. The van der Waals surface area contributed by atoms with Gasteiger partial charge in [0.05, 0.1) is 5.39 Å². The van der Waals surface area contributed by atoms with E-state index in [1.54, 1.807) is 24.3 Å². The lowest BCUT2D eigenvalue weighted by molar-refractivity contribution is -0.147. The highest BCUT2D eigenvalue weighted by Gasteiger charge is 2.22. The molecular weight excluding hydrogens is 440 g/mol. The van der Waals surface area contributed by atoms with Gasteiger partial charge in [0.1, 0.15) is 6.54 Å². The molecule has 0 spiro atoms. The number of ether oxygens (including phenoxy) is 1. The molecule has 10 heteroatoms. The molecule has 3 N–H and O–H groups in total. The Morgan fingerprint density at radius 3 is 2.32 bits per heavy atom. The first-order chi connectivity index (χ1) is 16.2. The number of benzene rings is 2. The van der Waals surface area contributed by atoms with E-state index in [4.69, 9.17) is 10.5 Å². The summed E-state index contributed by atoms with van der Waals surface area (Å²) in [5, 5.41) is 7.08. The van der Waals surface area contributed by atoms with Gasteiger partial charge in [0.25, 0.3) is 11.5 Å². The highest BCUT2D eigenvalue weighted by Crippen LogP contribution is 2.14. The second kappa shape index (κ2) is 10.5. The Bertz CT molecular complexity index is 1310. The van der Waals surface area contributed by atoms with Crippen molar-refractivity contribution in [1.82, 2.24) is 9.78 Å². The molecule has 0 saturated heterocycles. The Balaban J connectivity index is 1.70. The van der Waals surface area contributed by atoms with Crippen LogP contribution in [0, 0.1) is 0 Å². The summed E-state index contributed by atoms with van der Waals surface area (Å²) < 4.78 is 5.98. The summed E-state index contributed by atoms with van der Waals surface area (Å²) in [6, 6.07) is 12.5. The molecule has 2 amide bonds. The summed E-state index contributed by atoms with van der Waals surface area (Å²) in [5.41, 5.74) is 5.44. The zero-order chi connectivity index (χ0) is 24.8. The number of hydrogen-bond acceptors (Lipinski definition) is 7. The summed E-state index contributed by atoms with van der Waals surface area (Å²) >= 11 is 0. The number of fused-ring (bicyclic) bond motifs is 1. The molecule has 0 aliphatic carbocycles. The van der Waals surface area contributed by atoms with Gasteiger partial charge in [0.2, 0.25) is 11.7 Å². The van der Waals surface area contributed by atoms with Crippen LogP contribution in [0.15, 0.2) is 53.3 Å². The highest BCUT2D eigenvalue weighted by molar-refractivity contribution is 6.04. The van der Waals surface area contributed by atoms with Crippen LogP contribution in [-0.4, -0.2) is 39.5 Å². The Morgan fingerprint density at radius 1 is 1.06 bits per heavy atom. The van der Waals surface area contributed by atoms with Crippen molar-refractivity contribution in [2.45, 2.75) is 39.3 Å². The highest BCUT2D eigenvalue weighted by atomic mass is 16.5. The number of nitrogens with zero attached hydrogens (tertiary/aromatic N) is 2. The first-order valence-corrected chi connectivity index (χ1v) is 10.6. The van der Waals surface area contributed by atoms with Crippen molar-refractivity contribution >= 4 is 40.0 Å². The van der Waals surface area contributed by atoms with Gasteiger partial charge in [-0.15, -0.1) is 0 Å². The number of rotatable bonds is 9. The van der Waals surface area contributed by atoms with Crippen molar-refractivity contribution < 1.29 is 23.9 Å².